The third-order valence-corrected chi connectivity index (χ3v) is 6.04. The second-order valence-electron chi connectivity index (χ2n) is 7.34. The van der Waals surface area contributed by atoms with Gasteiger partial charge in [-0.2, -0.15) is 0 Å². The fourth-order valence-corrected chi connectivity index (χ4v) is 4.36. The number of amides is 1. The lowest BCUT2D eigenvalue weighted by Crippen LogP contribution is -2.49. The Morgan fingerprint density at radius 1 is 1.07 bits per heavy atom. The normalized spacial score (nSPS) is 17.1. The maximum atomic E-state index is 12.4. The van der Waals surface area contributed by atoms with Crippen molar-refractivity contribution in [3.8, 4) is 0 Å². The molecule has 1 aromatic carbocycles. The van der Waals surface area contributed by atoms with Gasteiger partial charge >= 0.3 is 0 Å². The van der Waals surface area contributed by atoms with Gasteiger partial charge in [-0.25, -0.2) is 0 Å². The van der Waals surface area contributed by atoms with Crippen LogP contribution in [0.4, 0.5) is 0 Å². The molecule has 1 unspecified atom stereocenters. The van der Waals surface area contributed by atoms with E-state index < -0.39 is 0 Å². The molecule has 1 fully saturated rings. The van der Waals surface area contributed by atoms with Gasteiger partial charge in [-0.1, -0.05) is 36.4 Å². The van der Waals surface area contributed by atoms with E-state index in [9.17, 15) is 4.79 Å². The van der Waals surface area contributed by atoms with Crippen LogP contribution in [0.1, 0.15) is 16.5 Å². The SMILES string of the molecule is CN(C)C(CNC(=O)CN1CCN(Cc2ccccc2)CC1)c1cccs1. The van der Waals surface area contributed by atoms with Gasteiger partial charge < -0.3 is 10.2 Å². The molecule has 0 aliphatic carbocycles. The Morgan fingerprint density at radius 3 is 2.41 bits per heavy atom. The lowest BCUT2D eigenvalue weighted by Gasteiger charge is -2.34. The quantitative estimate of drug-likeness (QED) is 0.756. The minimum Gasteiger partial charge on any atom is -0.353 e. The number of hydrogen-bond donors (Lipinski definition) is 1. The first-order chi connectivity index (χ1) is 13.1. The zero-order valence-corrected chi connectivity index (χ0v) is 17.1. The monoisotopic (exact) mass is 386 g/mol. The molecule has 1 aliphatic rings. The topological polar surface area (TPSA) is 38.8 Å². The maximum absolute atomic E-state index is 12.4. The molecule has 1 amide bonds. The highest BCUT2D eigenvalue weighted by Gasteiger charge is 2.20. The van der Waals surface area contributed by atoms with E-state index in [0.717, 1.165) is 32.7 Å². The Kier molecular flexibility index (Phi) is 7.41. The first kappa shape index (κ1) is 20.0. The van der Waals surface area contributed by atoms with Gasteiger partial charge in [-0.3, -0.25) is 14.6 Å². The summed E-state index contributed by atoms with van der Waals surface area (Å²) < 4.78 is 0. The largest absolute Gasteiger partial charge is 0.353 e. The molecule has 27 heavy (non-hydrogen) atoms. The predicted octanol–water partition coefficient (Wildman–Crippen LogP) is 2.28. The number of rotatable bonds is 8. The Morgan fingerprint density at radius 2 is 1.78 bits per heavy atom. The third kappa shape index (κ3) is 6.14. The Balaban J connectivity index is 1.39. The summed E-state index contributed by atoms with van der Waals surface area (Å²) in [5.74, 6) is 0.120. The average molecular weight is 387 g/mol. The van der Waals surface area contributed by atoms with Gasteiger partial charge in [0.05, 0.1) is 12.6 Å². The zero-order chi connectivity index (χ0) is 19.1. The standard InChI is InChI=1S/C21H30N4OS/c1-23(2)19(20-9-6-14-27-20)15-22-21(26)17-25-12-10-24(11-13-25)16-18-7-4-3-5-8-18/h3-9,14,19H,10-13,15-17H2,1-2H3,(H,22,26). The zero-order valence-electron chi connectivity index (χ0n) is 16.3. The van der Waals surface area contributed by atoms with Crippen LogP contribution in [0.5, 0.6) is 0 Å². The number of hydrogen-bond acceptors (Lipinski definition) is 5. The van der Waals surface area contributed by atoms with Crippen LogP contribution in [0, 0.1) is 0 Å². The summed E-state index contributed by atoms with van der Waals surface area (Å²) in [6.07, 6.45) is 0. The van der Waals surface area contributed by atoms with Crippen molar-refractivity contribution in [3.05, 3.63) is 58.3 Å². The molecule has 1 aliphatic heterocycles. The molecule has 5 nitrogen and oxygen atoms in total. The minimum absolute atomic E-state index is 0.120. The van der Waals surface area contributed by atoms with Crippen LogP contribution in [0.15, 0.2) is 47.8 Å². The maximum Gasteiger partial charge on any atom is 0.234 e. The predicted molar refractivity (Wildman–Crippen MR) is 112 cm³/mol. The summed E-state index contributed by atoms with van der Waals surface area (Å²) in [5, 5.41) is 5.21. The van der Waals surface area contributed by atoms with Crippen molar-refractivity contribution in [2.75, 3.05) is 53.4 Å². The number of benzene rings is 1. The molecule has 0 saturated carbocycles. The van der Waals surface area contributed by atoms with Crippen molar-refractivity contribution in [2.24, 2.45) is 0 Å². The molecule has 1 aromatic heterocycles. The molecule has 0 radical (unpaired) electrons. The van der Waals surface area contributed by atoms with Gasteiger partial charge in [0.2, 0.25) is 5.91 Å². The van der Waals surface area contributed by atoms with Crippen molar-refractivity contribution in [3.63, 3.8) is 0 Å². The summed E-state index contributed by atoms with van der Waals surface area (Å²) in [4.78, 5) is 20.6. The van der Waals surface area contributed by atoms with Crippen molar-refractivity contribution in [1.82, 2.24) is 20.0 Å². The molecular weight excluding hydrogens is 356 g/mol. The van der Waals surface area contributed by atoms with Crippen LogP contribution in [0.25, 0.3) is 0 Å². The van der Waals surface area contributed by atoms with E-state index in [-0.39, 0.29) is 11.9 Å². The summed E-state index contributed by atoms with van der Waals surface area (Å²) in [6.45, 7) is 6.05. The van der Waals surface area contributed by atoms with Crippen LogP contribution in [0.2, 0.25) is 0 Å². The summed E-state index contributed by atoms with van der Waals surface area (Å²) in [5.41, 5.74) is 1.35. The summed E-state index contributed by atoms with van der Waals surface area (Å²) in [6, 6.07) is 15.0. The molecule has 146 valence electrons. The van der Waals surface area contributed by atoms with E-state index in [1.54, 1.807) is 11.3 Å². The van der Waals surface area contributed by atoms with Crippen LogP contribution >= 0.6 is 11.3 Å². The Bertz CT molecular complexity index is 681. The van der Waals surface area contributed by atoms with E-state index in [0.29, 0.717) is 13.1 Å². The van der Waals surface area contributed by atoms with Gasteiger partial charge in [-0.15, -0.1) is 11.3 Å². The fourth-order valence-electron chi connectivity index (χ4n) is 3.44. The van der Waals surface area contributed by atoms with Gasteiger partial charge in [0.25, 0.3) is 0 Å². The minimum atomic E-state index is 0.120. The second-order valence-corrected chi connectivity index (χ2v) is 8.32. The third-order valence-electron chi connectivity index (χ3n) is 5.07. The van der Waals surface area contributed by atoms with Gasteiger partial charge in [0.1, 0.15) is 0 Å². The molecule has 6 heteroatoms. The summed E-state index contributed by atoms with van der Waals surface area (Å²) >= 11 is 1.74. The Labute approximate surface area is 166 Å². The summed E-state index contributed by atoms with van der Waals surface area (Å²) in [7, 11) is 4.12. The lowest BCUT2D eigenvalue weighted by atomic mass is 10.2. The first-order valence-electron chi connectivity index (χ1n) is 9.57. The molecule has 2 aromatic rings. The highest BCUT2D eigenvalue weighted by atomic mass is 32.1. The van der Waals surface area contributed by atoms with Crippen molar-refractivity contribution >= 4 is 17.2 Å². The van der Waals surface area contributed by atoms with E-state index in [2.05, 4.69) is 82.0 Å². The number of carbonyl (C=O) groups excluding carboxylic acids is 1. The molecule has 1 atom stereocenters. The van der Waals surface area contributed by atoms with Crippen LogP contribution < -0.4 is 5.32 Å². The van der Waals surface area contributed by atoms with Crippen molar-refractivity contribution in [2.45, 2.75) is 12.6 Å². The van der Waals surface area contributed by atoms with Crippen LogP contribution in [0.3, 0.4) is 0 Å². The molecule has 2 heterocycles. The lowest BCUT2D eigenvalue weighted by molar-refractivity contribution is -0.122. The van der Waals surface area contributed by atoms with E-state index in [1.807, 2.05) is 0 Å². The molecule has 1 N–H and O–H groups in total. The van der Waals surface area contributed by atoms with Crippen molar-refractivity contribution < 1.29 is 4.79 Å². The van der Waals surface area contributed by atoms with E-state index >= 15 is 0 Å². The van der Waals surface area contributed by atoms with Crippen molar-refractivity contribution in [1.29, 1.82) is 0 Å². The van der Waals surface area contributed by atoms with Crippen LogP contribution in [-0.2, 0) is 11.3 Å². The molecule has 1 saturated heterocycles. The molecule has 0 bridgehead atoms. The molecular formula is C21H30N4OS. The second kappa shape index (κ2) is 9.99. The number of carbonyl (C=O) groups is 1. The van der Waals surface area contributed by atoms with Gasteiger partial charge in [0, 0.05) is 44.1 Å². The smallest absolute Gasteiger partial charge is 0.234 e. The van der Waals surface area contributed by atoms with Gasteiger partial charge in [0.15, 0.2) is 0 Å². The number of nitrogens with one attached hydrogen (secondary N) is 1. The van der Waals surface area contributed by atoms with Gasteiger partial charge in [-0.05, 0) is 31.1 Å². The first-order valence-corrected chi connectivity index (χ1v) is 10.4. The number of piperazine rings is 1. The fraction of sp³-hybridized carbons (Fsp3) is 0.476. The van der Waals surface area contributed by atoms with E-state index in [4.69, 9.17) is 0 Å². The highest BCUT2D eigenvalue weighted by Crippen LogP contribution is 2.22. The number of nitrogens with zero attached hydrogens (tertiary/aromatic N) is 3. The molecule has 0 spiro atoms. The highest BCUT2D eigenvalue weighted by molar-refractivity contribution is 7.10. The van der Waals surface area contributed by atoms with E-state index in [1.165, 1.54) is 10.4 Å². The average Bonchev–Trinajstić information content (AvgIpc) is 3.18. The van der Waals surface area contributed by atoms with Crippen LogP contribution in [-0.4, -0.2) is 74.0 Å². The molecule has 3 rings (SSSR count). The number of likely N-dealkylation sites (N-methyl/N-ethyl adjacent to an activating group) is 1. The number of thiophene rings is 1. The Hall–Kier alpha value is -1.73.